The molecule has 1 aromatic carbocycles. The van der Waals surface area contributed by atoms with Crippen LogP contribution in [0, 0.1) is 18.3 Å². The van der Waals surface area contributed by atoms with Crippen LogP contribution in [0.15, 0.2) is 12.1 Å². The van der Waals surface area contributed by atoms with Gasteiger partial charge in [0.1, 0.15) is 0 Å². The van der Waals surface area contributed by atoms with Crippen molar-refractivity contribution < 1.29 is 0 Å². The van der Waals surface area contributed by atoms with E-state index in [0.717, 1.165) is 5.56 Å². The summed E-state index contributed by atoms with van der Waals surface area (Å²) in [4.78, 5) is 0. The Kier molecular flexibility index (Phi) is 2.97. The van der Waals surface area contributed by atoms with Gasteiger partial charge in [-0.1, -0.05) is 23.2 Å². The average Bonchev–Trinajstić information content (AvgIpc) is 1.96. The molecule has 0 aliphatic rings. The van der Waals surface area contributed by atoms with Crippen LogP contribution in [0.3, 0.4) is 0 Å². The number of aryl methyl sites for hydroxylation is 1. The first kappa shape index (κ1) is 9.38. The van der Waals surface area contributed by atoms with Gasteiger partial charge in [-0.2, -0.15) is 5.26 Å². The SMILES string of the molecule is Cc1cc(Cl)c(CC#N)c(Cl)c1. The Hall–Kier alpha value is -0.710. The zero-order chi connectivity index (χ0) is 9.14. The quantitative estimate of drug-likeness (QED) is 0.681. The summed E-state index contributed by atoms with van der Waals surface area (Å²) in [6.45, 7) is 1.91. The molecule has 0 aliphatic heterocycles. The second-order valence-electron chi connectivity index (χ2n) is 2.54. The zero-order valence-electron chi connectivity index (χ0n) is 6.56. The van der Waals surface area contributed by atoms with E-state index in [-0.39, 0.29) is 6.42 Å². The van der Waals surface area contributed by atoms with Crippen molar-refractivity contribution in [1.82, 2.24) is 0 Å². The Morgan fingerprint density at radius 3 is 2.25 bits per heavy atom. The second kappa shape index (κ2) is 3.80. The molecule has 0 amide bonds. The van der Waals surface area contributed by atoms with E-state index in [1.54, 1.807) is 12.1 Å². The standard InChI is InChI=1S/C9H7Cl2N/c1-6-4-8(10)7(2-3-12)9(11)5-6/h4-5H,2H2,1H3. The summed E-state index contributed by atoms with van der Waals surface area (Å²) >= 11 is 11.8. The number of benzene rings is 1. The third-order valence-electron chi connectivity index (χ3n) is 1.54. The van der Waals surface area contributed by atoms with Gasteiger partial charge in [0.25, 0.3) is 0 Å². The van der Waals surface area contributed by atoms with Crippen LogP contribution in [0.4, 0.5) is 0 Å². The molecule has 62 valence electrons. The molecule has 3 heteroatoms. The maximum atomic E-state index is 8.47. The molecule has 12 heavy (non-hydrogen) atoms. The third-order valence-corrected chi connectivity index (χ3v) is 2.22. The molecule has 1 rings (SSSR count). The number of rotatable bonds is 1. The van der Waals surface area contributed by atoms with E-state index in [1.165, 1.54) is 0 Å². The van der Waals surface area contributed by atoms with Gasteiger partial charge in [0.15, 0.2) is 0 Å². The third kappa shape index (κ3) is 1.91. The lowest BCUT2D eigenvalue weighted by Gasteiger charge is -2.03. The van der Waals surface area contributed by atoms with Crippen molar-refractivity contribution in [2.45, 2.75) is 13.3 Å². The molecule has 0 aliphatic carbocycles. The molecule has 0 unspecified atom stereocenters. The summed E-state index contributed by atoms with van der Waals surface area (Å²) in [5.74, 6) is 0. The minimum atomic E-state index is 0.262. The second-order valence-corrected chi connectivity index (χ2v) is 3.36. The summed E-state index contributed by atoms with van der Waals surface area (Å²) in [7, 11) is 0. The molecular weight excluding hydrogens is 193 g/mol. The summed E-state index contributed by atoms with van der Waals surface area (Å²) in [5, 5.41) is 9.61. The molecule has 0 saturated carbocycles. The van der Waals surface area contributed by atoms with Gasteiger partial charge in [-0.3, -0.25) is 0 Å². The molecule has 0 atom stereocenters. The van der Waals surface area contributed by atoms with Gasteiger partial charge < -0.3 is 0 Å². The van der Waals surface area contributed by atoms with Crippen LogP contribution in [-0.2, 0) is 6.42 Å². The molecular formula is C9H7Cl2N. The minimum absolute atomic E-state index is 0.262. The lowest BCUT2D eigenvalue weighted by atomic mass is 10.1. The highest BCUT2D eigenvalue weighted by Gasteiger charge is 2.05. The van der Waals surface area contributed by atoms with Crippen LogP contribution in [0.5, 0.6) is 0 Å². The van der Waals surface area contributed by atoms with Crippen molar-refractivity contribution >= 4 is 23.2 Å². The molecule has 1 nitrogen and oxygen atoms in total. The van der Waals surface area contributed by atoms with E-state index in [1.807, 2.05) is 13.0 Å². The smallest absolute Gasteiger partial charge is 0.0670 e. The van der Waals surface area contributed by atoms with Crippen LogP contribution in [-0.4, -0.2) is 0 Å². The van der Waals surface area contributed by atoms with Crippen LogP contribution in [0.2, 0.25) is 10.0 Å². The fourth-order valence-corrected chi connectivity index (χ4v) is 1.71. The average molecular weight is 200 g/mol. The Balaban J connectivity index is 3.21. The first-order valence-electron chi connectivity index (χ1n) is 3.46. The fraction of sp³-hybridized carbons (Fsp3) is 0.222. The highest BCUT2D eigenvalue weighted by Crippen LogP contribution is 2.26. The lowest BCUT2D eigenvalue weighted by Crippen LogP contribution is -1.86. The molecule has 1 aromatic rings. The monoisotopic (exact) mass is 199 g/mol. The molecule has 0 aromatic heterocycles. The van der Waals surface area contributed by atoms with Gasteiger partial charge in [-0.15, -0.1) is 0 Å². The molecule has 0 N–H and O–H groups in total. The van der Waals surface area contributed by atoms with Crippen molar-refractivity contribution in [3.05, 3.63) is 33.3 Å². The van der Waals surface area contributed by atoms with E-state index in [9.17, 15) is 0 Å². The summed E-state index contributed by atoms with van der Waals surface area (Å²) in [5.41, 5.74) is 1.72. The number of nitrogens with zero attached hydrogens (tertiary/aromatic N) is 1. The molecule has 0 saturated heterocycles. The van der Waals surface area contributed by atoms with Gasteiger partial charge in [0, 0.05) is 15.6 Å². The van der Waals surface area contributed by atoms with E-state index in [2.05, 4.69) is 0 Å². The van der Waals surface area contributed by atoms with Crippen LogP contribution in [0.1, 0.15) is 11.1 Å². The predicted octanol–water partition coefficient (Wildman–Crippen LogP) is 3.37. The Morgan fingerprint density at radius 1 is 1.33 bits per heavy atom. The first-order valence-corrected chi connectivity index (χ1v) is 4.22. The van der Waals surface area contributed by atoms with Crippen molar-refractivity contribution in [1.29, 1.82) is 5.26 Å². The molecule has 0 radical (unpaired) electrons. The number of halogens is 2. The Labute approximate surface area is 81.5 Å². The van der Waals surface area contributed by atoms with Gasteiger partial charge in [0.2, 0.25) is 0 Å². The highest BCUT2D eigenvalue weighted by atomic mass is 35.5. The summed E-state index contributed by atoms with van der Waals surface area (Å²) < 4.78 is 0. The van der Waals surface area contributed by atoms with Crippen LogP contribution >= 0.6 is 23.2 Å². The molecule has 0 heterocycles. The van der Waals surface area contributed by atoms with Gasteiger partial charge in [-0.05, 0) is 24.6 Å². The van der Waals surface area contributed by atoms with Crippen molar-refractivity contribution in [2.75, 3.05) is 0 Å². The maximum absolute atomic E-state index is 8.47. The van der Waals surface area contributed by atoms with E-state index < -0.39 is 0 Å². The molecule has 0 bridgehead atoms. The predicted molar refractivity (Wildman–Crippen MR) is 50.5 cm³/mol. The lowest BCUT2D eigenvalue weighted by molar-refractivity contribution is 1.25. The van der Waals surface area contributed by atoms with Gasteiger partial charge >= 0.3 is 0 Å². The Bertz CT molecular complexity index is 316. The van der Waals surface area contributed by atoms with Crippen LogP contribution in [0.25, 0.3) is 0 Å². The zero-order valence-corrected chi connectivity index (χ0v) is 8.08. The van der Waals surface area contributed by atoms with Crippen molar-refractivity contribution in [2.24, 2.45) is 0 Å². The summed E-state index contributed by atoms with van der Waals surface area (Å²) in [6, 6.07) is 5.63. The van der Waals surface area contributed by atoms with Crippen molar-refractivity contribution in [3.8, 4) is 6.07 Å². The highest BCUT2D eigenvalue weighted by molar-refractivity contribution is 6.36. The number of hydrogen-bond acceptors (Lipinski definition) is 1. The topological polar surface area (TPSA) is 23.8 Å². The normalized spacial score (nSPS) is 9.50. The van der Waals surface area contributed by atoms with Crippen molar-refractivity contribution in [3.63, 3.8) is 0 Å². The fourth-order valence-electron chi connectivity index (χ4n) is 0.978. The van der Waals surface area contributed by atoms with E-state index in [0.29, 0.717) is 15.6 Å². The first-order chi connectivity index (χ1) is 5.65. The minimum Gasteiger partial charge on any atom is -0.198 e. The van der Waals surface area contributed by atoms with E-state index in [4.69, 9.17) is 28.5 Å². The maximum Gasteiger partial charge on any atom is 0.0670 e. The van der Waals surface area contributed by atoms with Crippen LogP contribution < -0.4 is 0 Å². The van der Waals surface area contributed by atoms with Gasteiger partial charge in [-0.25, -0.2) is 0 Å². The summed E-state index contributed by atoms with van der Waals surface area (Å²) in [6.07, 6.45) is 0.262. The molecule has 0 fully saturated rings. The number of nitriles is 1. The van der Waals surface area contributed by atoms with Gasteiger partial charge in [0.05, 0.1) is 12.5 Å². The number of hydrogen-bond donors (Lipinski definition) is 0. The molecule has 0 spiro atoms. The largest absolute Gasteiger partial charge is 0.198 e. The Morgan fingerprint density at radius 2 is 1.83 bits per heavy atom. The van der Waals surface area contributed by atoms with E-state index >= 15 is 0 Å².